The van der Waals surface area contributed by atoms with E-state index in [4.69, 9.17) is 11.6 Å². The molecule has 0 amide bonds. The lowest BCUT2D eigenvalue weighted by Gasteiger charge is -1.84. The van der Waals surface area contributed by atoms with E-state index in [9.17, 15) is 0 Å². The number of pyridine rings is 1. The van der Waals surface area contributed by atoms with Crippen molar-refractivity contribution in [2.75, 3.05) is 0 Å². The smallest absolute Gasteiger partial charge is 0.274 e. The first-order valence-electron chi connectivity index (χ1n) is 2.41. The Hall–Kier alpha value is -0.0800. The minimum atomic E-state index is 0. The summed E-state index contributed by atoms with van der Waals surface area (Å²) in [5.41, 5.74) is 0. The lowest BCUT2D eigenvalue weighted by Crippen LogP contribution is -3.00. The third-order valence-corrected chi connectivity index (χ3v) is 1.38. The highest BCUT2D eigenvalue weighted by atomic mass is 79.9. The van der Waals surface area contributed by atoms with Gasteiger partial charge in [-0.05, 0) is 17.7 Å². The molecule has 0 aromatic carbocycles. The van der Waals surface area contributed by atoms with Gasteiger partial charge in [0.1, 0.15) is 7.05 Å². The molecular formula is C6H7BrClN. The topological polar surface area (TPSA) is 3.88 Å². The predicted molar refractivity (Wildman–Crippen MR) is 32.6 cm³/mol. The summed E-state index contributed by atoms with van der Waals surface area (Å²) in [6.45, 7) is 0. The Labute approximate surface area is 70.0 Å². The molecule has 0 bridgehead atoms. The third kappa shape index (κ3) is 2.33. The summed E-state index contributed by atoms with van der Waals surface area (Å²) < 4.78 is 1.85. The van der Waals surface area contributed by atoms with Crippen molar-refractivity contribution in [3.63, 3.8) is 0 Å². The molecule has 1 rings (SSSR count). The predicted octanol–water partition coefficient (Wildman–Crippen LogP) is -1.83. The molecule has 0 aliphatic heterocycles. The van der Waals surface area contributed by atoms with Gasteiger partial charge in [0.05, 0.1) is 0 Å². The minimum absolute atomic E-state index is 0. The summed E-state index contributed by atoms with van der Waals surface area (Å²) in [4.78, 5) is 0. The van der Waals surface area contributed by atoms with Gasteiger partial charge in [0.15, 0.2) is 6.20 Å². The van der Waals surface area contributed by atoms with Crippen LogP contribution in [0.15, 0.2) is 24.4 Å². The van der Waals surface area contributed by atoms with Gasteiger partial charge in [-0.1, -0.05) is 0 Å². The maximum absolute atomic E-state index is 5.67. The van der Waals surface area contributed by atoms with Crippen molar-refractivity contribution in [2.45, 2.75) is 0 Å². The van der Waals surface area contributed by atoms with Crippen LogP contribution >= 0.6 is 11.6 Å². The molecule has 1 aromatic rings. The molecule has 0 unspecified atom stereocenters. The van der Waals surface area contributed by atoms with E-state index in [1.54, 1.807) is 0 Å². The number of aromatic nitrogens is 1. The van der Waals surface area contributed by atoms with Crippen molar-refractivity contribution in [2.24, 2.45) is 7.05 Å². The summed E-state index contributed by atoms with van der Waals surface area (Å²) in [5.74, 6) is 0. The van der Waals surface area contributed by atoms with Crippen molar-refractivity contribution in [3.05, 3.63) is 29.5 Å². The van der Waals surface area contributed by atoms with Crippen molar-refractivity contribution in [1.29, 1.82) is 0 Å². The minimum Gasteiger partial charge on any atom is -1.00 e. The summed E-state index contributed by atoms with van der Waals surface area (Å²) in [7, 11) is 1.91. The lowest BCUT2D eigenvalue weighted by molar-refractivity contribution is -0.669. The number of aryl methyl sites for hydroxylation is 1. The summed E-state index contributed by atoms with van der Waals surface area (Å²) >= 11 is 5.67. The molecule has 0 saturated heterocycles. The second-order valence-electron chi connectivity index (χ2n) is 1.63. The fourth-order valence-electron chi connectivity index (χ4n) is 0.503. The molecule has 1 heterocycles. The van der Waals surface area contributed by atoms with E-state index >= 15 is 0 Å². The van der Waals surface area contributed by atoms with Gasteiger partial charge in [-0.15, -0.1) is 0 Å². The van der Waals surface area contributed by atoms with Crippen LogP contribution in [0.25, 0.3) is 0 Å². The number of nitrogens with zero attached hydrogens (tertiary/aromatic N) is 1. The standard InChI is InChI=1S/C6H7ClN.BrH/c1-8-5-3-2-4-6(8)7;/h2-5H,1H3;1H/q+1;/p-1. The van der Waals surface area contributed by atoms with Crippen LogP contribution in [0.3, 0.4) is 0 Å². The molecule has 0 fully saturated rings. The van der Waals surface area contributed by atoms with Crippen LogP contribution < -0.4 is 21.5 Å². The van der Waals surface area contributed by atoms with Crippen molar-refractivity contribution >= 4 is 11.6 Å². The van der Waals surface area contributed by atoms with Gasteiger partial charge in [-0.25, -0.2) is 0 Å². The maximum atomic E-state index is 5.67. The molecule has 9 heavy (non-hydrogen) atoms. The fraction of sp³-hybridized carbons (Fsp3) is 0.167. The van der Waals surface area contributed by atoms with Gasteiger partial charge in [-0.3, -0.25) is 0 Å². The molecule has 1 aromatic heterocycles. The number of hydrogen-bond acceptors (Lipinski definition) is 0. The molecule has 0 aliphatic carbocycles. The van der Waals surface area contributed by atoms with E-state index in [0.29, 0.717) is 0 Å². The third-order valence-electron chi connectivity index (χ3n) is 0.991. The Balaban J connectivity index is 0.000000640. The van der Waals surface area contributed by atoms with Crippen LogP contribution in [0.5, 0.6) is 0 Å². The Morgan fingerprint density at radius 1 is 1.44 bits per heavy atom. The molecule has 0 atom stereocenters. The maximum Gasteiger partial charge on any atom is 0.274 e. The Morgan fingerprint density at radius 3 is 2.44 bits per heavy atom. The first kappa shape index (κ1) is 8.92. The summed E-state index contributed by atoms with van der Waals surface area (Å²) in [5, 5.41) is 0.757. The fourth-order valence-corrected chi connectivity index (χ4v) is 0.632. The van der Waals surface area contributed by atoms with Crippen LogP contribution in [0, 0.1) is 0 Å². The van der Waals surface area contributed by atoms with Crippen molar-refractivity contribution in [1.82, 2.24) is 0 Å². The zero-order chi connectivity index (χ0) is 5.98. The van der Waals surface area contributed by atoms with E-state index in [2.05, 4.69) is 0 Å². The number of halogens is 2. The zero-order valence-electron chi connectivity index (χ0n) is 5.01. The highest BCUT2D eigenvalue weighted by molar-refractivity contribution is 6.28. The molecule has 0 N–H and O–H groups in total. The highest BCUT2D eigenvalue weighted by Gasteiger charge is 1.94. The molecule has 50 valence electrons. The van der Waals surface area contributed by atoms with E-state index in [0.717, 1.165) is 5.15 Å². The summed E-state index contributed by atoms with van der Waals surface area (Å²) in [6.07, 6.45) is 1.91. The van der Waals surface area contributed by atoms with Crippen LogP contribution in [-0.4, -0.2) is 0 Å². The number of hydrogen-bond donors (Lipinski definition) is 0. The van der Waals surface area contributed by atoms with E-state index in [1.165, 1.54) is 0 Å². The second kappa shape index (κ2) is 3.85. The average Bonchev–Trinajstić information content (AvgIpc) is 1.77. The molecule has 0 spiro atoms. The molecule has 1 nitrogen and oxygen atoms in total. The first-order chi connectivity index (χ1) is 3.80. The SMILES string of the molecule is C[n+]1ccccc1Cl.[Br-]. The average molecular weight is 208 g/mol. The zero-order valence-corrected chi connectivity index (χ0v) is 7.35. The Bertz CT molecular complexity index is 169. The summed E-state index contributed by atoms with van der Waals surface area (Å²) in [6, 6.07) is 5.69. The van der Waals surface area contributed by atoms with E-state index < -0.39 is 0 Å². The lowest BCUT2D eigenvalue weighted by atomic mass is 10.5. The molecule has 0 radical (unpaired) electrons. The van der Waals surface area contributed by atoms with Crippen molar-refractivity contribution in [3.8, 4) is 0 Å². The highest BCUT2D eigenvalue weighted by Crippen LogP contribution is 1.95. The van der Waals surface area contributed by atoms with Crippen LogP contribution in [0.1, 0.15) is 0 Å². The molecule has 0 saturated carbocycles. The normalized spacial score (nSPS) is 8.22. The largest absolute Gasteiger partial charge is 1.00 e. The van der Waals surface area contributed by atoms with Gasteiger partial charge < -0.3 is 17.0 Å². The van der Waals surface area contributed by atoms with E-state index in [1.807, 2.05) is 36.0 Å². The van der Waals surface area contributed by atoms with Gasteiger partial charge >= 0.3 is 0 Å². The van der Waals surface area contributed by atoms with Gasteiger partial charge in [0, 0.05) is 12.1 Å². The molecular weight excluding hydrogens is 201 g/mol. The monoisotopic (exact) mass is 207 g/mol. The van der Waals surface area contributed by atoms with Gasteiger partial charge in [0.25, 0.3) is 5.15 Å². The van der Waals surface area contributed by atoms with Gasteiger partial charge in [0.2, 0.25) is 0 Å². The van der Waals surface area contributed by atoms with Crippen LogP contribution in [0.4, 0.5) is 0 Å². The Kier molecular flexibility index (Phi) is 3.82. The first-order valence-corrected chi connectivity index (χ1v) is 2.78. The molecule has 3 heteroatoms. The quantitative estimate of drug-likeness (QED) is 0.349. The van der Waals surface area contributed by atoms with Crippen LogP contribution in [-0.2, 0) is 7.05 Å². The van der Waals surface area contributed by atoms with E-state index in [-0.39, 0.29) is 17.0 Å². The van der Waals surface area contributed by atoms with Crippen molar-refractivity contribution < 1.29 is 21.5 Å². The number of rotatable bonds is 0. The van der Waals surface area contributed by atoms with Gasteiger partial charge in [-0.2, -0.15) is 4.57 Å². The van der Waals surface area contributed by atoms with Crippen LogP contribution in [0.2, 0.25) is 5.15 Å². The molecule has 0 aliphatic rings. The Morgan fingerprint density at radius 2 is 2.11 bits per heavy atom. The second-order valence-corrected chi connectivity index (χ2v) is 2.02.